The van der Waals surface area contributed by atoms with E-state index < -0.39 is 22.7 Å². The summed E-state index contributed by atoms with van der Waals surface area (Å²) >= 11 is 0. The number of ketones is 2. The molecule has 2 aliphatic carbocycles. The molecule has 4 rings (SSSR count). The number of carbonyl (C=O) groups is 3. The molecule has 0 amide bonds. The van der Waals surface area contributed by atoms with Gasteiger partial charge in [-0.05, 0) is 12.5 Å². The summed E-state index contributed by atoms with van der Waals surface area (Å²) in [5.74, 6) is -0.189. The normalized spacial score (nSPS) is 52.8. The Balaban J connectivity index is 1.85. The standard InChI is InChI=1S/C15H16O5/c1-8-10(17)4-3-9-5-11(18)15(14(6-16)7-19-14)12(20-15)13(8,9)2/h5-6,8,12H,3-4,7H2,1-2H3. The van der Waals surface area contributed by atoms with Crippen LogP contribution in [0, 0.1) is 11.3 Å². The summed E-state index contributed by atoms with van der Waals surface area (Å²) in [4.78, 5) is 35.9. The smallest absolute Gasteiger partial charge is 0.195 e. The van der Waals surface area contributed by atoms with Crippen molar-refractivity contribution in [3.63, 3.8) is 0 Å². The molecule has 106 valence electrons. The molecular formula is C15H16O5. The zero-order valence-corrected chi connectivity index (χ0v) is 11.5. The Morgan fingerprint density at radius 1 is 1.35 bits per heavy atom. The number of fused-ring (bicyclic) bond motifs is 3. The molecule has 0 N–H and O–H groups in total. The van der Waals surface area contributed by atoms with E-state index in [0.717, 1.165) is 5.57 Å². The largest absolute Gasteiger partial charge is 0.358 e. The van der Waals surface area contributed by atoms with Gasteiger partial charge in [-0.3, -0.25) is 14.4 Å². The Morgan fingerprint density at radius 2 is 2.05 bits per heavy atom. The fourth-order valence-corrected chi connectivity index (χ4v) is 4.11. The molecule has 0 aromatic carbocycles. The van der Waals surface area contributed by atoms with Crippen LogP contribution >= 0.6 is 0 Å². The maximum Gasteiger partial charge on any atom is 0.195 e. The highest BCUT2D eigenvalue weighted by Crippen LogP contribution is 2.66. The van der Waals surface area contributed by atoms with E-state index in [1.54, 1.807) is 6.08 Å². The van der Waals surface area contributed by atoms with Gasteiger partial charge in [0.1, 0.15) is 11.9 Å². The monoisotopic (exact) mass is 276 g/mol. The van der Waals surface area contributed by atoms with Crippen LogP contribution in [-0.2, 0) is 23.9 Å². The number of ether oxygens (including phenoxy) is 2. The molecule has 3 fully saturated rings. The van der Waals surface area contributed by atoms with Gasteiger partial charge < -0.3 is 9.47 Å². The maximum atomic E-state index is 12.5. The molecule has 2 saturated heterocycles. The van der Waals surface area contributed by atoms with E-state index in [0.29, 0.717) is 19.1 Å². The lowest BCUT2D eigenvalue weighted by Gasteiger charge is -2.43. The first kappa shape index (κ1) is 12.4. The van der Waals surface area contributed by atoms with Crippen molar-refractivity contribution in [3.05, 3.63) is 11.6 Å². The van der Waals surface area contributed by atoms with Gasteiger partial charge in [0.25, 0.3) is 0 Å². The maximum absolute atomic E-state index is 12.5. The summed E-state index contributed by atoms with van der Waals surface area (Å²) in [6.07, 6.45) is 2.94. The van der Waals surface area contributed by atoms with Crippen molar-refractivity contribution in [1.29, 1.82) is 0 Å². The Hall–Kier alpha value is -1.33. The fraction of sp³-hybridized carbons (Fsp3) is 0.667. The third kappa shape index (κ3) is 1.08. The summed E-state index contributed by atoms with van der Waals surface area (Å²) < 4.78 is 11.0. The van der Waals surface area contributed by atoms with Crippen molar-refractivity contribution in [2.75, 3.05) is 6.61 Å². The van der Waals surface area contributed by atoms with Gasteiger partial charge in [-0.1, -0.05) is 19.4 Å². The Kier molecular flexibility index (Phi) is 2.04. The van der Waals surface area contributed by atoms with E-state index in [4.69, 9.17) is 9.47 Å². The molecule has 0 bridgehead atoms. The molecule has 2 heterocycles. The highest BCUT2D eigenvalue weighted by molar-refractivity contribution is 6.07. The molecule has 1 saturated carbocycles. The Bertz CT molecular complexity index is 587. The van der Waals surface area contributed by atoms with Crippen molar-refractivity contribution < 1.29 is 23.9 Å². The van der Waals surface area contributed by atoms with Crippen molar-refractivity contribution in [1.82, 2.24) is 0 Å². The van der Waals surface area contributed by atoms with Crippen LogP contribution in [0.2, 0.25) is 0 Å². The quantitative estimate of drug-likeness (QED) is 0.545. The SMILES string of the molecule is CC1C(=O)CCC2=CC(=O)C3(C4(C=O)CO4)OC3C21C. The number of Topliss-reactive ketones (excluding diaryl/α,β-unsaturated/α-hetero) is 1. The van der Waals surface area contributed by atoms with Gasteiger partial charge in [-0.2, -0.15) is 0 Å². The lowest BCUT2D eigenvalue weighted by Crippen LogP contribution is -2.54. The molecule has 4 aliphatic rings. The predicted molar refractivity (Wildman–Crippen MR) is 67.0 cm³/mol. The molecule has 5 atom stereocenters. The van der Waals surface area contributed by atoms with Crippen LogP contribution < -0.4 is 0 Å². The highest BCUT2D eigenvalue weighted by atomic mass is 16.7. The van der Waals surface area contributed by atoms with E-state index in [1.807, 2.05) is 13.8 Å². The second kappa shape index (κ2) is 3.28. The van der Waals surface area contributed by atoms with Gasteiger partial charge in [0.15, 0.2) is 23.3 Å². The molecule has 0 radical (unpaired) electrons. The molecule has 0 spiro atoms. The third-order valence-electron chi connectivity index (χ3n) is 5.82. The zero-order valence-electron chi connectivity index (χ0n) is 11.5. The minimum Gasteiger partial charge on any atom is -0.358 e. The molecule has 0 aromatic rings. The Morgan fingerprint density at radius 3 is 2.65 bits per heavy atom. The molecule has 5 unspecified atom stereocenters. The summed E-state index contributed by atoms with van der Waals surface area (Å²) in [7, 11) is 0. The van der Waals surface area contributed by atoms with Gasteiger partial charge in [-0.15, -0.1) is 0 Å². The number of rotatable bonds is 2. The van der Waals surface area contributed by atoms with Crippen LogP contribution in [0.5, 0.6) is 0 Å². The first-order chi connectivity index (χ1) is 9.42. The van der Waals surface area contributed by atoms with Crippen molar-refractivity contribution in [2.45, 2.75) is 44.0 Å². The number of aldehydes is 1. The van der Waals surface area contributed by atoms with Gasteiger partial charge in [0.2, 0.25) is 0 Å². The first-order valence-corrected chi connectivity index (χ1v) is 6.99. The third-order valence-corrected chi connectivity index (χ3v) is 5.82. The van der Waals surface area contributed by atoms with E-state index in [2.05, 4.69) is 0 Å². The summed E-state index contributed by atoms with van der Waals surface area (Å²) in [5, 5.41) is 0. The van der Waals surface area contributed by atoms with Crippen LogP contribution in [0.4, 0.5) is 0 Å². The lowest BCUT2D eigenvalue weighted by molar-refractivity contribution is -0.129. The average molecular weight is 276 g/mol. The summed E-state index contributed by atoms with van der Waals surface area (Å²) in [5.41, 5.74) is -1.82. The molecule has 2 aliphatic heterocycles. The predicted octanol–water partition coefficient (Wildman–Crippen LogP) is 0.606. The van der Waals surface area contributed by atoms with Gasteiger partial charge in [0, 0.05) is 17.8 Å². The van der Waals surface area contributed by atoms with Crippen molar-refractivity contribution in [2.24, 2.45) is 11.3 Å². The van der Waals surface area contributed by atoms with Crippen LogP contribution in [0.15, 0.2) is 11.6 Å². The zero-order chi connectivity index (χ0) is 14.3. The fourth-order valence-electron chi connectivity index (χ4n) is 4.11. The second-order valence-corrected chi connectivity index (χ2v) is 6.53. The Labute approximate surface area is 116 Å². The molecule has 0 aromatic heterocycles. The number of carbonyl (C=O) groups excluding carboxylic acids is 3. The van der Waals surface area contributed by atoms with E-state index in [1.165, 1.54) is 0 Å². The van der Waals surface area contributed by atoms with E-state index >= 15 is 0 Å². The number of hydrogen-bond acceptors (Lipinski definition) is 5. The minimum atomic E-state index is -1.18. The summed E-state index contributed by atoms with van der Waals surface area (Å²) in [6, 6.07) is 0. The van der Waals surface area contributed by atoms with Gasteiger partial charge in [0.05, 0.1) is 6.61 Å². The lowest BCUT2D eigenvalue weighted by atomic mass is 9.56. The van der Waals surface area contributed by atoms with Crippen LogP contribution in [0.1, 0.15) is 26.7 Å². The van der Waals surface area contributed by atoms with E-state index in [9.17, 15) is 14.4 Å². The molecular weight excluding hydrogens is 260 g/mol. The van der Waals surface area contributed by atoms with Crippen LogP contribution in [0.25, 0.3) is 0 Å². The second-order valence-electron chi connectivity index (χ2n) is 6.53. The molecule has 20 heavy (non-hydrogen) atoms. The van der Waals surface area contributed by atoms with Crippen molar-refractivity contribution in [3.8, 4) is 0 Å². The van der Waals surface area contributed by atoms with E-state index in [-0.39, 0.29) is 24.1 Å². The average Bonchev–Trinajstić information content (AvgIpc) is 3.29. The highest BCUT2D eigenvalue weighted by Gasteiger charge is 2.85. The summed E-state index contributed by atoms with van der Waals surface area (Å²) in [6.45, 7) is 4.08. The first-order valence-electron chi connectivity index (χ1n) is 6.99. The van der Waals surface area contributed by atoms with Crippen LogP contribution in [0.3, 0.4) is 0 Å². The topological polar surface area (TPSA) is 76.3 Å². The molecule has 5 heteroatoms. The van der Waals surface area contributed by atoms with Crippen LogP contribution in [-0.4, -0.2) is 41.8 Å². The molecule has 5 nitrogen and oxygen atoms in total. The minimum absolute atomic E-state index is 0.180. The van der Waals surface area contributed by atoms with Gasteiger partial charge in [-0.25, -0.2) is 0 Å². The number of hydrogen-bond donors (Lipinski definition) is 0. The number of epoxide rings is 2. The van der Waals surface area contributed by atoms with Crippen molar-refractivity contribution >= 4 is 17.9 Å². The van der Waals surface area contributed by atoms with Gasteiger partial charge >= 0.3 is 0 Å².